The lowest BCUT2D eigenvalue weighted by atomic mass is 10.1. The Hall–Kier alpha value is -2.43. The lowest BCUT2D eigenvalue weighted by molar-refractivity contribution is -0.00868. The van der Waals surface area contributed by atoms with Crippen molar-refractivity contribution in [2.75, 3.05) is 25.5 Å². The SMILES string of the molecule is CC(C)OC(=O)OCO[P+](=O)CO[C@@H](CF)Cc1cnn2c(N)ncnc12. The summed E-state index contributed by atoms with van der Waals surface area (Å²) in [6.45, 7) is 1.92. The first-order valence-corrected chi connectivity index (χ1v) is 9.28. The molecule has 0 saturated heterocycles. The van der Waals surface area contributed by atoms with Crippen molar-refractivity contribution in [3.05, 3.63) is 18.1 Å². The second kappa shape index (κ2) is 10.0. The minimum absolute atomic E-state index is 0.136. The van der Waals surface area contributed by atoms with Gasteiger partial charge in [0.15, 0.2) is 5.65 Å². The van der Waals surface area contributed by atoms with E-state index in [0.717, 1.165) is 0 Å². The van der Waals surface area contributed by atoms with Gasteiger partial charge < -0.3 is 19.9 Å². The summed E-state index contributed by atoms with van der Waals surface area (Å²) >= 11 is 0. The molecule has 2 heterocycles. The number of nitrogen functional groups attached to an aromatic ring is 1. The summed E-state index contributed by atoms with van der Waals surface area (Å²) in [5.74, 6) is 0.149. The number of hydrogen-bond acceptors (Lipinski definition) is 10. The van der Waals surface area contributed by atoms with Crippen molar-refractivity contribution in [2.24, 2.45) is 0 Å². The van der Waals surface area contributed by atoms with E-state index in [1.807, 2.05) is 0 Å². The first-order chi connectivity index (χ1) is 12.9. The second-order valence-corrected chi connectivity index (χ2v) is 6.74. The minimum atomic E-state index is -2.31. The highest BCUT2D eigenvalue weighted by atomic mass is 31.1. The lowest BCUT2D eigenvalue weighted by Gasteiger charge is -2.10. The van der Waals surface area contributed by atoms with Crippen LogP contribution in [-0.2, 0) is 29.7 Å². The van der Waals surface area contributed by atoms with Crippen molar-refractivity contribution in [3.63, 3.8) is 0 Å². The third kappa shape index (κ3) is 6.35. The van der Waals surface area contributed by atoms with Crippen molar-refractivity contribution in [3.8, 4) is 0 Å². The first kappa shape index (κ1) is 20.9. The van der Waals surface area contributed by atoms with E-state index in [0.29, 0.717) is 11.2 Å². The van der Waals surface area contributed by atoms with Gasteiger partial charge >= 0.3 is 14.2 Å². The van der Waals surface area contributed by atoms with Gasteiger partial charge in [0.1, 0.15) is 13.0 Å². The number of anilines is 1. The van der Waals surface area contributed by atoms with E-state index < -0.39 is 33.8 Å². The average molecular weight is 404 g/mol. The zero-order valence-electron chi connectivity index (χ0n) is 14.8. The van der Waals surface area contributed by atoms with Crippen LogP contribution in [0.4, 0.5) is 15.1 Å². The first-order valence-electron chi connectivity index (χ1n) is 7.92. The number of ether oxygens (including phenoxy) is 3. The highest BCUT2D eigenvalue weighted by molar-refractivity contribution is 7.38. The average Bonchev–Trinajstić information content (AvgIpc) is 3.02. The van der Waals surface area contributed by atoms with Crippen LogP contribution in [-0.4, -0.2) is 57.8 Å². The highest BCUT2D eigenvalue weighted by Gasteiger charge is 2.24. The van der Waals surface area contributed by atoms with Crippen LogP contribution in [0.15, 0.2) is 12.5 Å². The lowest BCUT2D eigenvalue weighted by Crippen LogP contribution is -2.19. The molecule has 2 aromatic heterocycles. The molecule has 0 aliphatic rings. The van der Waals surface area contributed by atoms with Gasteiger partial charge in [-0.3, -0.25) is 0 Å². The number of halogens is 1. The van der Waals surface area contributed by atoms with Crippen LogP contribution in [0.5, 0.6) is 0 Å². The predicted octanol–water partition coefficient (Wildman–Crippen LogP) is 1.84. The molecule has 0 aliphatic carbocycles. The molecular weight excluding hydrogens is 384 g/mol. The number of nitrogens with zero attached hydrogens (tertiary/aromatic N) is 4. The topological polar surface area (TPSA) is 140 Å². The smallest absolute Gasteiger partial charge is 0.432 e. The largest absolute Gasteiger partial charge is 0.540 e. The van der Waals surface area contributed by atoms with Gasteiger partial charge in [0, 0.05) is 12.0 Å². The molecule has 0 aliphatic heterocycles. The molecule has 27 heavy (non-hydrogen) atoms. The van der Waals surface area contributed by atoms with E-state index in [-0.39, 0.29) is 24.8 Å². The Balaban J connectivity index is 1.78. The Morgan fingerprint density at radius 2 is 2.19 bits per heavy atom. The molecule has 2 rings (SSSR count). The Kier molecular flexibility index (Phi) is 7.77. The van der Waals surface area contributed by atoms with Crippen LogP contribution in [0.25, 0.3) is 5.65 Å². The van der Waals surface area contributed by atoms with Crippen molar-refractivity contribution in [1.29, 1.82) is 0 Å². The summed E-state index contributed by atoms with van der Waals surface area (Å²) in [4.78, 5) is 19.0. The summed E-state index contributed by atoms with van der Waals surface area (Å²) in [7, 11) is -2.31. The fourth-order valence-corrected chi connectivity index (χ4v) is 2.57. The zero-order valence-corrected chi connectivity index (χ0v) is 15.7. The van der Waals surface area contributed by atoms with Gasteiger partial charge in [-0.1, -0.05) is 0 Å². The molecule has 2 N–H and O–H groups in total. The normalized spacial score (nSPS) is 13.0. The maximum Gasteiger partial charge on any atom is 0.540 e. The van der Waals surface area contributed by atoms with E-state index in [9.17, 15) is 13.8 Å². The number of carbonyl (C=O) groups is 1. The van der Waals surface area contributed by atoms with Crippen LogP contribution in [0.3, 0.4) is 0 Å². The Bertz CT molecular complexity index is 788. The fourth-order valence-electron chi connectivity index (χ4n) is 1.99. The van der Waals surface area contributed by atoms with Crippen LogP contribution >= 0.6 is 8.03 Å². The molecule has 2 aromatic rings. The summed E-state index contributed by atoms with van der Waals surface area (Å²) in [6, 6.07) is 0. The van der Waals surface area contributed by atoms with E-state index in [4.69, 9.17) is 19.7 Å². The Labute approximate surface area is 154 Å². The second-order valence-electron chi connectivity index (χ2n) is 5.55. The minimum Gasteiger partial charge on any atom is -0.432 e. The van der Waals surface area contributed by atoms with E-state index in [2.05, 4.69) is 19.8 Å². The maximum absolute atomic E-state index is 13.2. The summed E-state index contributed by atoms with van der Waals surface area (Å²) in [5.41, 5.74) is 6.70. The van der Waals surface area contributed by atoms with E-state index in [1.165, 1.54) is 17.0 Å². The van der Waals surface area contributed by atoms with E-state index >= 15 is 0 Å². The van der Waals surface area contributed by atoms with Gasteiger partial charge in [-0.05, 0) is 18.4 Å². The van der Waals surface area contributed by atoms with Crippen LogP contribution in [0, 0.1) is 0 Å². The number of hydrogen-bond donors (Lipinski definition) is 1. The molecule has 1 unspecified atom stereocenters. The molecule has 148 valence electrons. The zero-order chi connectivity index (χ0) is 19.8. The van der Waals surface area contributed by atoms with Gasteiger partial charge in [0.25, 0.3) is 6.35 Å². The summed E-state index contributed by atoms with van der Waals surface area (Å²) < 4.78 is 45.6. The molecule has 2 atom stereocenters. The summed E-state index contributed by atoms with van der Waals surface area (Å²) in [5, 5.41) is 4.02. The van der Waals surface area contributed by atoms with Crippen molar-refractivity contribution in [2.45, 2.75) is 32.5 Å². The molecule has 0 spiro atoms. The van der Waals surface area contributed by atoms with Gasteiger partial charge in [-0.2, -0.15) is 9.61 Å². The van der Waals surface area contributed by atoms with Crippen molar-refractivity contribution in [1.82, 2.24) is 19.6 Å². The van der Waals surface area contributed by atoms with Gasteiger partial charge in [-0.25, -0.2) is 19.2 Å². The number of rotatable bonds is 10. The van der Waals surface area contributed by atoms with E-state index in [1.54, 1.807) is 13.8 Å². The Morgan fingerprint density at radius 3 is 2.89 bits per heavy atom. The van der Waals surface area contributed by atoms with Crippen LogP contribution in [0.1, 0.15) is 19.4 Å². The molecule has 0 fully saturated rings. The van der Waals surface area contributed by atoms with Crippen molar-refractivity contribution < 1.29 is 32.5 Å². The standard InChI is InChI=1S/C14H20FN5O6P/c1-9(2)26-14(21)23-7-25-27(22)8-24-11(4-15)3-10-5-19-20-12(10)17-6-18-13(20)16/h5-6,9,11H,3-4,7-8H2,1-2H3,(H2,16,17,18)/q+1/t11-/m1/s1. The monoisotopic (exact) mass is 404 g/mol. The number of nitrogens with two attached hydrogens (primary N) is 1. The molecule has 13 heteroatoms. The molecule has 0 bridgehead atoms. The van der Waals surface area contributed by atoms with Crippen molar-refractivity contribution >= 4 is 25.8 Å². The Morgan fingerprint density at radius 1 is 1.41 bits per heavy atom. The predicted molar refractivity (Wildman–Crippen MR) is 90.9 cm³/mol. The third-order valence-corrected chi connectivity index (χ3v) is 3.90. The maximum atomic E-state index is 13.2. The number of carbonyl (C=O) groups excluding carboxylic acids is 1. The van der Waals surface area contributed by atoms with Crippen LogP contribution in [0.2, 0.25) is 0 Å². The summed E-state index contributed by atoms with van der Waals surface area (Å²) in [6.07, 6.45) is 0.349. The highest BCUT2D eigenvalue weighted by Crippen LogP contribution is 2.24. The molecule has 11 nitrogen and oxygen atoms in total. The third-order valence-electron chi connectivity index (χ3n) is 3.14. The molecule has 0 amide bonds. The fraction of sp³-hybridized carbons (Fsp3) is 0.571. The van der Waals surface area contributed by atoms with Gasteiger partial charge in [0.2, 0.25) is 12.7 Å². The molecule has 0 radical (unpaired) electrons. The molecular formula is C14H20FN5O6P+. The number of fused-ring (bicyclic) bond motifs is 1. The molecule has 0 aromatic carbocycles. The van der Waals surface area contributed by atoms with Crippen LogP contribution < -0.4 is 5.73 Å². The quantitative estimate of drug-likeness (QED) is 0.354. The number of alkyl halides is 1. The number of aromatic nitrogens is 4. The van der Waals surface area contributed by atoms with Gasteiger partial charge in [0.05, 0.1) is 18.4 Å². The van der Waals surface area contributed by atoms with Gasteiger partial charge in [-0.15, -0.1) is 4.52 Å². The molecule has 0 saturated carbocycles.